The molecule has 40 heavy (non-hydrogen) atoms. The van der Waals surface area contributed by atoms with Gasteiger partial charge in [0.25, 0.3) is 11.5 Å². The predicted octanol–water partition coefficient (Wildman–Crippen LogP) is 4.31. The van der Waals surface area contributed by atoms with Crippen molar-refractivity contribution in [2.45, 2.75) is 20.4 Å². The molecule has 0 aliphatic rings. The maximum absolute atomic E-state index is 15.2. The first-order valence-corrected chi connectivity index (χ1v) is 12.4. The Bertz CT molecular complexity index is 1660. The second kappa shape index (κ2) is 11.9. The Labute approximate surface area is 230 Å². The standard InChI is InChI=1S/C30H29FN4O5/c1-17-20(19-11-25(31)23(27(12-19)40-4)13-32-15-28(36)37)7-5-8-21(17)22-9-6-10-26(18(22)2)34-29(38)24-14-33-16-35(3)30(24)39/h5-12,14,16,32H,13,15H2,1-4H3,(H,34,38)(H,36,37). The van der Waals surface area contributed by atoms with Gasteiger partial charge in [0.1, 0.15) is 17.1 Å². The van der Waals surface area contributed by atoms with Gasteiger partial charge in [-0.3, -0.25) is 14.4 Å². The van der Waals surface area contributed by atoms with Gasteiger partial charge in [-0.25, -0.2) is 9.37 Å². The monoisotopic (exact) mass is 544 g/mol. The van der Waals surface area contributed by atoms with Crippen molar-refractivity contribution in [3.8, 4) is 28.0 Å². The van der Waals surface area contributed by atoms with E-state index >= 15 is 4.39 Å². The van der Waals surface area contributed by atoms with Gasteiger partial charge in [0.05, 0.1) is 20.0 Å². The first kappa shape index (κ1) is 28.2. The fraction of sp³-hybridized carbons (Fsp3) is 0.200. The molecule has 0 saturated heterocycles. The second-order valence-corrected chi connectivity index (χ2v) is 9.27. The molecule has 9 nitrogen and oxygen atoms in total. The average molecular weight is 545 g/mol. The predicted molar refractivity (Wildman–Crippen MR) is 150 cm³/mol. The summed E-state index contributed by atoms with van der Waals surface area (Å²) < 4.78 is 21.8. The number of ether oxygens (including phenoxy) is 1. The number of nitrogens with one attached hydrogen (secondary N) is 2. The number of aliphatic carboxylic acids is 1. The van der Waals surface area contributed by atoms with Gasteiger partial charge < -0.3 is 25.0 Å². The SMILES string of the molecule is COc1cc(-c2cccc(-c3cccc(NC(=O)c4cncn(C)c4=O)c3C)c2C)cc(F)c1CNCC(=O)O. The summed E-state index contributed by atoms with van der Waals surface area (Å²) in [6.07, 6.45) is 2.58. The molecule has 0 fully saturated rings. The summed E-state index contributed by atoms with van der Waals surface area (Å²) in [5.74, 6) is -1.80. The lowest BCUT2D eigenvalue weighted by Gasteiger charge is -2.18. The van der Waals surface area contributed by atoms with Crippen LogP contribution in [0.2, 0.25) is 0 Å². The Kier molecular flexibility index (Phi) is 8.40. The van der Waals surface area contributed by atoms with Crippen molar-refractivity contribution in [1.82, 2.24) is 14.9 Å². The summed E-state index contributed by atoms with van der Waals surface area (Å²) in [4.78, 5) is 40.0. The molecule has 1 heterocycles. The first-order valence-electron chi connectivity index (χ1n) is 12.4. The first-order chi connectivity index (χ1) is 19.1. The molecule has 4 aromatic rings. The van der Waals surface area contributed by atoms with E-state index in [2.05, 4.69) is 15.6 Å². The van der Waals surface area contributed by atoms with E-state index in [1.54, 1.807) is 12.1 Å². The van der Waals surface area contributed by atoms with Crippen LogP contribution in [0, 0.1) is 19.7 Å². The van der Waals surface area contributed by atoms with Crippen LogP contribution in [0.5, 0.6) is 5.75 Å². The fourth-order valence-corrected chi connectivity index (χ4v) is 4.57. The van der Waals surface area contributed by atoms with E-state index in [4.69, 9.17) is 9.84 Å². The summed E-state index contributed by atoms with van der Waals surface area (Å²) in [5, 5.41) is 14.4. The lowest BCUT2D eigenvalue weighted by Crippen LogP contribution is -2.28. The van der Waals surface area contributed by atoms with Gasteiger partial charge in [-0.15, -0.1) is 0 Å². The second-order valence-electron chi connectivity index (χ2n) is 9.27. The molecule has 0 atom stereocenters. The number of amides is 1. The molecule has 0 aliphatic carbocycles. The smallest absolute Gasteiger partial charge is 0.317 e. The topological polar surface area (TPSA) is 123 Å². The molecule has 1 aromatic heterocycles. The highest BCUT2D eigenvalue weighted by Gasteiger charge is 2.18. The molecule has 0 bridgehead atoms. The van der Waals surface area contributed by atoms with E-state index in [1.165, 1.54) is 37.3 Å². The Morgan fingerprint density at radius 2 is 1.73 bits per heavy atom. The number of benzene rings is 3. The Morgan fingerprint density at radius 3 is 2.42 bits per heavy atom. The molecule has 0 spiro atoms. The molecule has 3 N–H and O–H groups in total. The van der Waals surface area contributed by atoms with Gasteiger partial charge in [0.15, 0.2) is 0 Å². The number of anilines is 1. The third-order valence-corrected chi connectivity index (χ3v) is 6.71. The molecule has 10 heteroatoms. The minimum absolute atomic E-state index is 0.00343. The summed E-state index contributed by atoms with van der Waals surface area (Å²) >= 11 is 0. The van der Waals surface area contributed by atoms with Crippen molar-refractivity contribution in [2.24, 2.45) is 7.05 Å². The van der Waals surface area contributed by atoms with Crippen molar-refractivity contribution in [3.63, 3.8) is 0 Å². The van der Waals surface area contributed by atoms with E-state index in [-0.39, 0.29) is 24.2 Å². The summed E-state index contributed by atoms with van der Waals surface area (Å²) in [6, 6.07) is 14.3. The summed E-state index contributed by atoms with van der Waals surface area (Å²) in [7, 11) is 2.96. The number of carboxylic acids is 1. The van der Waals surface area contributed by atoms with Crippen LogP contribution in [0.4, 0.5) is 10.1 Å². The van der Waals surface area contributed by atoms with E-state index in [0.717, 1.165) is 27.8 Å². The molecule has 4 rings (SSSR count). The van der Waals surface area contributed by atoms with Crippen LogP contribution >= 0.6 is 0 Å². The fourth-order valence-electron chi connectivity index (χ4n) is 4.57. The van der Waals surface area contributed by atoms with Crippen molar-refractivity contribution in [1.29, 1.82) is 0 Å². The largest absolute Gasteiger partial charge is 0.496 e. The maximum atomic E-state index is 15.2. The Hall–Kier alpha value is -4.83. The van der Waals surface area contributed by atoms with Gasteiger partial charge in [-0.2, -0.15) is 0 Å². The lowest BCUT2D eigenvalue weighted by atomic mass is 9.90. The van der Waals surface area contributed by atoms with Crippen LogP contribution in [0.1, 0.15) is 27.0 Å². The highest BCUT2D eigenvalue weighted by molar-refractivity contribution is 6.04. The number of nitrogens with zero attached hydrogens (tertiary/aromatic N) is 2. The third kappa shape index (κ3) is 5.76. The number of carboxylic acid groups (broad SMARTS) is 1. The van der Waals surface area contributed by atoms with Crippen molar-refractivity contribution >= 4 is 17.6 Å². The van der Waals surface area contributed by atoms with Crippen LogP contribution in [0.3, 0.4) is 0 Å². The third-order valence-electron chi connectivity index (χ3n) is 6.71. The number of aryl methyl sites for hydroxylation is 1. The van der Waals surface area contributed by atoms with Gasteiger partial charge in [0.2, 0.25) is 0 Å². The quantitative estimate of drug-likeness (QED) is 0.287. The van der Waals surface area contributed by atoms with E-state index < -0.39 is 23.3 Å². The molecule has 0 radical (unpaired) electrons. The number of hydrogen-bond donors (Lipinski definition) is 3. The van der Waals surface area contributed by atoms with E-state index in [0.29, 0.717) is 17.0 Å². The zero-order valence-corrected chi connectivity index (χ0v) is 22.5. The molecule has 0 unspecified atom stereocenters. The van der Waals surface area contributed by atoms with Crippen LogP contribution in [-0.4, -0.2) is 40.2 Å². The Balaban J connectivity index is 1.69. The zero-order valence-electron chi connectivity index (χ0n) is 22.5. The normalized spacial score (nSPS) is 10.8. The minimum atomic E-state index is -1.04. The minimum Gasteiger partial charge on any atom is -0.496 e. The molecular weight excluding hydrogens is 515 g/mol. The summed E-state index contributed by atoms with van der Waals surface area (Å²) in [5.41, 5.74) is 5.08. The van der Waals surface area contributed by atoms with Gasteiger partial charge in [-0.05, 0) is 65.4 Å². The number of aromatic nitrogens is 2. The van der Waals surface area contributed by atoms with Crippen LogP contribution in [0.15, 0.2) is 65.8 Å². The van der Waals surface area contributed by atoms with Gasteiger partial charge in [-0.1, -0.05) is 30.3 Å². The van der Waals surface area contributed by atoms with E-state index in [1.807, 2.05) is 44.2 Å². The maximum Gasteiger partial charge on any atom is 0.317 e. The number of carbonyl (C=O) groups is 2. The van der Waals surface area contributed by atoms with Crippen LogP contribution in [0.25, 0.3) is 22.3 Å². The number of rotatable bonds is 9. The average Bonchev–Trinajstić information content (AvgIpc) is 2.92. The number of carbonyl (C=O) groups excluding carboxylic acids is 1. The lowest BCUT2D eigenvalue weighted by molar-refractivity contribution is -0.136. The molecule has 1 amide bonds. The number of methoxy groups -OCH3 is 1. The molecule has 0 saturated carbocycles. The van der Waals surface area contributed by atoms with Crippen LogP contribution < -0.4 is 20.9 Å². The molecule has 206 valence electrons. The molecule has 0 aliphatic heterocycles. The highest BCUT2D eigenvalue weighted by Crippen LogP contribution is 2.37. The van der Waals surface area contributed by atoms with E-state index in [9.17, 15) is 14.4 Å². The van der Waals surface area contributed by atoms with Gasteiger partial charge in [0, 0.05) is 31.0 Å². The summed E-state index contributed by atoms with van der Waals surface area (Å²) in [6.45, 7) is 3.51. The van der Waals surface area contributed by atoms with Crippen molar-refractivity contribution in [3.05, 3.63) is 99.5 Å². The zero-order chi connectivity index (χ0) is 29.0. The number of halogens is 1. The van der Waals surface area contributed by atoms with Crippen molar-refractivity contribution < 1.29 is 23.8 Å². The molecular formula is C30H29FN4O5. The van der Waals surface area contributed by atoms with Gasteiger partial charge >= 0.3 is 5.97 Å². The van der Waals surface area contributed by atoms with Crippen molar-refractivity contribution in [2.75, 3.05) is 19.0 Å². The highest BCUT2D eigenvalue weighted by atomic mass is 19.1. The van der Waals surface area contributed by atoms with Crippen LogP contribution in [-0.2, 0) is 18.4 Å². The molecule has 3 aromatic carbocycles. The Morgan fingerprint density at radius 1 is 1.05 bits per heavy atom. The number of hydrogen-bond acceptors (Lipinski definition) is 6.